The van der Waals surface area contributed by atoms with Crippen molar-refractivity contribution >= 4 is 49.1 Å². The Bertz CT molecular complexity index is 1250. The summed E-state index contributed by atoms with van der Waals surface area (Å²) in [4.78, 5) is 12.3. The van der Waals surface area contributed by atoms with E-state index in [1.54, 1.807) is 19.1 Å². The summed E-state index contributed by atoms with van der Waals surface area (Å²) in [7, 11) is -1.09. The molecule has 2 aromatic carbocycles. The van der Waals surface area contributed by atoms with E-state index in [0.29, 0.717) is 26.7 Å². The van der Waals surface area contributed by atoms with Gasteiger partial charge in [0.25, 0.3) is 10.0 Å². The Hall–Kier alpha value is -2.56. The topological polar surface area (TPSA) is 96.2 Å². The second-order valence-corrected chi connectivity index (χ2v) is 8.96. The van der Waals surface area contributed by atoms with Crippen molar-refractivity contribution in [3.8, 4) is 11.5 Å². The molecule has 1 heterocycles. The van der Waals surface area contributed by atoms with Crippen LogP contribution < -0.4 is 14.3 Å². The van der Waals surface area contributed by atoms with Crippen LogP contribution in [0.4, 0.5) is 0 Å². The number of thiazole rings is 1. The molecule has 3 aromatic rings. The molecule has 0 aliphatic carbocycles. The molecule has 1 aromatic heterocycles. The number of methoxy groups -OCH3 is 2. The largest absolute Gasteiger partial charge is 0.495 e. The molecule has 0 fully saturated rings. The highest BCUT2D eigenvalue weighted by atomic mass is 35.5. The van der Waals surface area contributed by atoms with Crippen molar-refractivity contribution in [3.05, 3.63) is 46.2 Å². The Morgan fingerprint density at radius 2 is 1.73 bits per heavy atom. The van der Waals surface area contributed by atoms with Crippen LogP contribution in [0.1, 0.15) is 6.92 Å². The lowest BCUT2D eigenvalue weighted by atomic mass is 10.3. The van der Waals surface area contributed by atoms with Crippen LogP contribution >= 0.6 is 22.9 Å². The number of benzene rings is 2. The van der Waals surface area contributed by atoms with Gasteiger partial charge < -0.3 is 18.8 Å². The minimum Gasteiger partial charge on any atom is -0.495 e. The second kappa shape index (κ2) is 9.07. The average molecular weight is 471 g/mol. The van der Waals surface area contributed by atoms with E-state index in [1.807, 2.05) is 0 Å². The minimum absolute atomic E-state index is 0.0222. The number of rotatable bonds is 7. The summed E-state index contributed by atoms with van der Waals surface area (Å²) >= 11 is 6.92. The van der Waals surface area contributed by atoms with E-state index >= 15 is 0 Å². The number of carbonyl (C=O) groups is 1. The molecule has 0 unspecified atom stereocenters. The standard InChI is InChI=1S/C19H19ClN2O6S2/c1-4-28-16(23)11-22-17-14(26-2)9-10-15(27-3)18(17)29-19(22)21-30(24,25)13-7-5-12(20)6-8-13/h5-10H,4,11H2,1-3H3. The molecular formula is C19H19ClN2O6S2. The second-order valence-electron chi connectivity index (χ2n) is 5.94. The van der Waals surface area contributed by atoms with Gasteiger partial charge in [0, 0.05) is 5.02 Å². The number of carbonyl (C=O) groups excluding carboxylic acids is 1. The van der Waals surface area contributed by atoms with Crippen LogP contribution in [-0.4, -0.2) is 39.8 Å². The molecule has 0 aliphatic rings. The maximum absolute atomic E-state index is 12.9. The van der Waals surface area contributed by atoms with E-state index in [-0.39, 0.29) is 22.8 Å². The van der Waals surface area contributed by atoms with Gasteiger partial charge in [-0.15, -0.1) is 4.40 Å². The zero-order chi connectivity index (χ0) is 21.9. The van der Waals surface area contributed by atoms with Crippen molar-refractivity contribution in [2.24, 2.45) is 4.40 Å². The number of sulfonamides is 1. The fourth-order valence-electron chi connectivity index (χ4n) is 2.77. The van der Waals surface area contributed by atoms with Gasteiger partial charge in [-0.05, 0) is 43.3 Å². The number of hydrogen-bond acceptors (Lipinski definition) is 7. The van der Waals surface area contributed by atoms with Crippen LogP contribution in [-0.2, 0) is 26.1 Å². The molecule has 160 valence electrons. The van der Waals surface area contributed by atoms with Crippen molar-refractivity contribution in [1.29, 1.82) is 0 Å². The van der Waals surface area contributed by atoms with Crippen LogP contribution in [0, 0.1) is 0 Å². The predicted octanol–water partition coefficient (Wildman–Crippen LogP) is 3.23. The Morgan fingerprint density at radius 3 is 2.33 bits per heavy atom. The van der Waals surface area contributed by atoms with Gasteiger partial charge in [0.2, 0.25) is 4.80 Å². The highest BCUT2D eigenvalue weighted by Crippen LogP contribution is 2.35. The molecule has 0 spiro atoms. The smallest absolute Gasteiger partial charge is 0.326 e. The average Bonchev–Trinajstić information content (AvgIpc) is 3.05. The van der Waals surface area contributed by atoms with Gasteiger partial charge in [0.15, 0.2) is 0 Å². The number of hydrogen-bond donors (Lipinski definition) is 0. The zero-order valence-electron chi connectivity index (χ0n) is 16.4. The van der Waals surface area contributed by atoms with Crippen LogP contribution in [0.3, 0.4) is 0 Å². The predicted molar refractivity (Wildman–Crippen MR) is 114 cm³/mol. The first-order valence-electron chi connectivity index (χ1n) is 8.77. The van der Waals surface area contributed by atoms with E-state index in [9.17, 15) is 13.2 Å². The number of ether oxygens (including phenoxy) is 3. The minimum atomic E-state index is -4.07. The summed E-state index contributed by atoms with van der Waals surface area (Å²) in [6.07, 6.45) is 0. The fourth-order valence-corrected chi connectivity index (χ4v) is 5.24. The first kappa shape index (κ1) is 22.1. The van der Waals surface area contributed by atoms with Gasteiger partial charge in [0.05, 0.1) is 25.7 Å². The van der Waals surface area contributed by atoms with Gasteiger partial charge in [0.1, 0.15) is 28.3 Å². The first-order chi connectivity index (χ1) is 14.3. The third kappa shape index (κ3) is 4.45. The van der Waals surface area contributed by atoms with Crippen LogP contribution in [0.2, 0.25) is 5.02 Å². The van der Waals surface area contributed by atoms with E-state index in [4.69, 9.17) is 25.8 Å². The Morgan fingerprint density at radius 1 is 1.10 bits per heavy atom. The summed E-state index contributed by atoms with van der Waals surface area (Å²) < 4.78 is 47.6. The zero-order valence-corrected chi connectivity index (χ0v) is 18.8. The van der Waals surface area contributed by atoms with Crippen LogP contribution in [0.15, 0.2) is 45.7 Å². The van der Waals surface area contributed by atoms with Crippen molar-refractivity contribution in [2.45, 2.75) is 18.4 Å². The lowest BCUT2D eigenvalue weighted by Gasteiger charge is -2.10. The van der Waals surface area contributed by atoms with Gasteiger partial charge in [-0.1, -0.05) is 22.9 Å². The molecule has 30 heavy (non-hydrogen) atoms. The van der Waals surface area contributed by atoms with Crippen LogP contribution in [0.25, 0.3) is 10.2 Å². The number of esters is 1. The molecule has 11 heteroatoms. The van der Waals surface area contributed by atoms with Gasteiger partial charge in [-0.2, -0.15) is 8.42 Å². The lowest BCUT2D eigenvalue weighted by Crippen LogP contribution is -2.23. The number of nitrogens with zero attached hydrogens (tertiary/aromatic N) is 2. The van der Waals surface area contributed by atoms with Crippen molar-refractivity contribution in [1.82, 2.24) is 4.57 Å². The third-order valence-electron chi connectivity index (χ3n) is 4.09. The molecule has 0 amide bonds. The number of aromatic nitrogens is 1. The summed E-state index contributed by atoms with van der Waals surface area (Å²) in [6.45, 7) is 1.64. The first-order valence-corrected chi connectivity index (χ1v) is 11.4. The number of halogens is 1. The molecule has 0 radical (unpaired) electrons. The number of fused-ring (bicyclic) bond motifs is 1. The summed E-state index contributed by atoms with van der Waals surface area (Å²) in [5, 5.41) is 0.405. The Balaban J connectivity index is 2.30. The van der Waals surface area contributed by atoms with Crippen LogP contribution in [0.5, 0.6) is 11.5 Å². The lowest BCUT2D eigenvalue weighted by molar-refractivity contribution is -0.143. The van der Waals surface area contributed by atoms with Crippen molar-refractivity contribution in [3.63, 3.8) is 0 Å². The van der Waals surface area contributed by atoms with E-state index in [2.05, 4.69) is 4.40 Å². The SMILES string of the molecule is CCOC(=O)Cn1c(=NS(=O)(=O)c2ccc(Cl)cc2)sc2c(OC)ccc(OC)c21. The van der Waals surface area contributed by atoms with E-state index in [1.165, 1.54) is 43.1 Å². The van der Waals surface area contributed by atoms with Gasteiger partial charge in [-0.3, -0.25) is 4.79 Å². The third-order valence-corrected chi connectivity index (χ3v) is 6.84. The van der Waals surface area contributed by atoms with E-state index in [0.717, 1.165) is 11.3 Å². The molecule has 3 rings (SSSR count). The Kier molecular flexibility index (Phi) is 6.69. The highest BCUT2D eigenvalue weighted by molar-refractivity contribution is 7.90. The normalized spacial score (nSPS) is 12.2. The molecule has 0 bridgehead atoms. The maximum Gasteiger partial charge on any atom is 0.326 e. The highest BCUT2D eigenvalue weighted by Gasteiger charge is 2.20. The summed E-state index contributed by atoms with van der Waals surface area (Å²) in [5.41, 5.74) is 0.486. The molecule has 0 saturated heterocycles. The monoisotopic (exact) mass is 470 g/mol. The van der Waals surface area contributed by atoms with Crippen molar-refractivity contribution in [2.75, 3.05) is 20.8 Å². The summed E-state index contributed by atoms with van der Waals surface area (Å²) in [6, 6.07) is 9.04. The molecule has 0 atom stereocenters. The molecular weight excluding hydrogens is 452 g/mol. The summed E-state index contributed by atoms with van der Waals surface area (Å²) in [5.74, 6) is 0.405. The maximum atomic E-state index is 12.9. The quantitative estimate of drug-likeness (QED) is 0.492. The molecule has 0 N–H and O–H groups in total. The molecule has 8 nitrogen and oxygen atoms in total. The fraction of sp³-hybridized carbons (Fsp3) is 0.263. The van der Waals surface area contributed by atoms with Crippen molar-refractivity contribution < 1.29 is 27.4 Å². The van der Waals surface area contributed by atoms with E-state index < -0.39 is 16.0 Å². The molecule has 0 saturated carbocycles. The van der Waals surface area contributed by atoms with Gasteiger partial charge in [-0.25, -0.2) is 0 Å². The Labute approximate surface area is 182 Å². The van der Waals surface area contributed by atoms with Gasteiger partial charge >= 0.3 is 5.97 Å². The molecule has 0 aliphatic heterocycles.